The molecule has 0 fully saturated rings. The van der Waals surface area contributed by atoms with E-state index in [-0.39, 0.29) is 12.2 Å². The molecule has 0 aliphatic rings. The van der Waals surface area contributed by atoms with E-state index in [4.69, 9.17) is 14.2 Å². The Bertz CT molecular complexity index is 183. The van der Waals surface area contributed by atoms with Crippen LogP contribution in [-0.2, 0) is 23.7 Å². The van der Waals surface area contributed by atoms with E-state index in [0.29, 0.717) is 6.42 Å². The van der Waals surface area contributed by atoms with Crippen molar-refractivity contribution in [3.05, 3.63) is 0 Å². The average Bonchev–Trinajstić information content (AvgIpc) is 2.28. The third-order valence-corrected chi connectivity index (χ3v) is 2.39. The number of rotatable bonds is 7. The minimum absolute atomic E-state index is 0.0997. The van der Waals surface area contributed by atoms with E-state index in [1.807, 2.05) is 6.92 Å². The van der Waals surface area contributed by atoms with E-state index in [0.717, 1.165) is 0 Å². The van der Waals surface area contributed by atoms with Crippen LogP contribution >= 0.6 is 0 Å². The molecule has 5 heteroatoms. The zero-order chi connectivity index (χ0) is 11.8. The van der Waals surface area contributed by atoms with Gasteiger partial charge in [-0.1, -0.05) is 0 Å². The zero-order valence-corrected chi connectivity index (χ0v) is 9.98. The van der Waals surface area contributed by atoms with E-state index in [1.54, 1.807) is 14.2 Å². The van der Waals surface area contributed by atoms with E-state index in [1.165, 1.54) is 14.2 Å². The van der Waals surface area contributed by atoms with Gasteiger partial charge in [0.25, 0.3) is 0 Å². The fourth-order valence-electron chi connectivity index (χ4n) is 1.26. The quantitative estimate of drug-likeness (QED) is 0.588. The third kappa shape index (κ3) is 4.59. The topological polar surface area (TPSA) is 54.0 Å². The Hall–Kier alpha value is -0.650. The summed E-state index contributed by atoms with van der Waals surface area (Å²) in [6, 6.07) is 0. The Labute approximate surface area is 90.6 Å². The molecular weight excluding hydrogens is 200 g/mol. The molecule has 0 saturated heterocycles. The van der Waals surface area contributed by atoms with Gasteiger partial charge in [0.05, 0.1) is 19.3 Å². The molecule has 0 aromatic carbocycles. The lowest BCUT2D eigenvalue weighted by Crippen LogP contribution is -2.35. The molecule has 0 radical (unpaired) electrons. The molecular formula is C10H20O5. The van der Waals surface area contributed by atoms with Crippen LogP contribution in [0.25, 0.3) is 0 Å². The van der Waals surface area contributed by atoms with Crippen molar-refractivity contribution in [1.82, 2.24) is 0 Å². The molecule has 0 amide bonds. The first kappa shape index (κ1) is 14.3. The second kappa shape index (κ2) is 7.62. The molecule has 3 atom stereocenters. The average molecular weight is 220 g/mol. The minimum atomic E-state index is -0.613. The Balaban J connectivity index is 4.29. The van der Waals surface area contributed by atoms with Gasteiger partial charge in [-0.05, 0) is 6.92 Å². The van der Waals surface area contributed by atoms with Gasteiger partial charge in [-0.15, -0.1) is 0 Å². The molecule has 0 unspecified atom stereocenters. The Morgan fingerprint density at radius 1 is 1.07 bits per heavy atom. The van der Waals surface area contributed by atoms with Crippen molar-refractivity contribution in [3.8, 4) is 0 Å². The van der Waals surface area contributed by atoms with Crippen LogP contribution in [0.3, 0.4) is 0 Å². The number of esters is 1. The zero-order valence-electron chi connectivity index (χ0n) is 9.98. The minimum Gasteiger partial charge on any atom is -0.467 e. The Morgan fingerprint density at radius 3 is 2.00 bits per heavy atom. The van der Waals surface area contributed by atoms with Gasteiger partial charge in [-0.2, -0.15) is 0 Å². The number of methoxy groups -OCH3 is 4. The van der Waals surface area contributed by atoms with Gasteiger partial charge < -0.3 is 18.9 Å². The maximum atomic E-state index is 11.3. The molecule has 0 spiro atoms. The first-order valence-corrected chi connectivity index (χ1v) is 4.76. The Kier molecular flexibility index (Phi) is 7.29. The van der Waals surface area contributed by atoms with Crippen LogP contribution in [0, 0.1) is 0 Å². The van der Waals surface area contributed by atoms with Crippen LogP contribution in [-0.4, -0.2) is 52.7 Å². The number of carbonyl (C=O) groups is 1. The smallest absolute Gasteiger partial charge is 0.335 e. The molecule has 0 bridgehead atoms. The largest absolute Gasteiger partial charge is 0.467 e. The molecule has 5 nitrogen and oxygen atoms in total. The summed E-state index contributed by atoms with van der Waals surface area (Å²) < 4.78 is 20.0. The summed E-state index contributed by atoms with van der Waals surface area (Å²) in [5.74, 6) is -0.400. The summed E-state index contributed by atoms with van der Waals surface area (Å²) in [4.78, 5) is 11.3. The first-order valence-electron chi connectivity index (χ1n) is 4.76. The van der Waals surface area contributed by atoms with E-state index >= 15 is 0 Å². The molecule has 0 rings (SSSR count). The lowest BCUT2D eigenvalue weighted by Gasteiger charge is -2.24. The summed E-state index contributed by atoms with van der Waals surface area (Å²) in [6.45, 7) is 1.87. The van der Waals surface area contributed by atoms with Crippen LogP contribution in [0.2, 0.25) is 0 Å². The molecule has 90 valence electrons. The molecule has 0 aromatic heterocycles. The summed E-state index contributed by atoms with van der Waals surface area (Å²) in [5, 5.41) is 0. The fraction of sp³-hybridized carbons (Fsp3) is 0.900. The van der Waals surface area contributed by atoms with E-state index in [2.05, 4.69) is 4.74 Å². The van der Waals surface area contributed by atoms with Gasteiger partial charge in [-0.25, -0.2) is 4.79 Å². The summed E-state index contributed by atoms with van der Waals surface area (Å²) in [7, 11) is 5.96. The fourth-order valence-corrected chi connectivity index (χ4v) is 1.26. The summed E-state index contributed by atoms with van der Waals surface area (Å²) in [5.41, 5.74) is 0. The molecule has 0 aromatic rings. The van der Waals surface area contributed by atoms with Crippen LogP contribution < -0.4 is 0 Å². The van der Waals surface area contributed by atoms with Crippen molar-refractivity contribution in [2.24, 2.45) is 0 Å². The number of hydrogen-bond donors (Lipinski definition) is 0. The van der Waals surface area contributed by atoms with Crippen molar-refractivity contribution < 1.29 is 23.7 Å². The molecule has 0 aliphatic heterocycles. The summed E-state index contributed by atoms with van der Waals surface area (Å²) in [6.07, 6.45) is -0.497. The van der Waals surface area contributed by atoms with Crippen molar-refractivity contribution in [1.29, 1.82) is 0 Å². The van der Waals surface area contributed by atoms with Crippen LogP contribution in [0.15, 0.2) is 0 Å². The highest BCUT2D eigenvalue weighted by atomic mass is 16.6. The Morgan fingerprint density at radius 2 is 1.67 bits per heavy atom. The summed E-state index contributed by atoms with van der Waals surface area (Å²) >= 11 is 0. The van der Waals surface area contributed by atoms with Gasteiger partial charge >= 0.3 is 5.97 Å². The van der Waals surface area contributed by atoms with Crippen LogP contribution in [0.4, 0.5) is 0 Å². The molecule has 0 saturated carbocycles. The van der Waals surface area contributed by atoms with Crippen molar-refractivity contribution in [3.63, 3.8) is 0 Å². The maximum Gasteiger partial charge on any atom is 0.335 e. The number of hydrogen-bond acceptors (Lipinski definition) is 5. The lowest BCUT2D eigenvalue weighted by atomic mass is 10.1. The van der Waals surface area contributed by atoms with E-state index in [9.17, 15) is 4.79 Å². The van der Waals surface area contributed by atoms with Gasteiger partial charge in [0.1, 0.15) is 0 Å². The number of ether oxygens (including phenoxy) is 4. The monoisotopic (exact) mass is 220 g/mol. The second-order valence-electron chi connectivity index (χ2n) is 3.20. The highest BCUT2D eigenvalue weighted by Gasteiger charge is 2.26. The van der Waals surface area contributed by atoms with Crippen molar-refractivity contribution in [2.75, 3.05) is 28.4 Å². The molecule has 0 aliphatic carbocycles. The highest BCUT2D eigenvalue weighted by molar-refractivity contribution is 5.74. The van der Waals surface area contributed by atoms with Crippen molar-refractivity contribution in [2.45, 2.75) is 31.7 Å². The molecule has 15 heavy (non-hydrogen) atoms. The molecule has 0 N–H and O–H groups in total. The predicted molar refractivity (Wildman–Crippen MR) is 54.7 cm³/mol. The second-order valence-corrected chi connectivity index (χ2v) is 3.20. The van der Waals surface area contributed by atoms with Gasteiger partial charge in [0.2, 0.25) is 0 Å². The molecule has 0 heterocycles. The maximum absolute atomic E-state index is 11.3. The third-order valence-electron chi connectivity index (χ3n) is 2.39. The van der Waals surface area contributed by atoms with Crippen LogP contribution in [0.1, 0.15) is 13.3 Å². The van der Waals surface area contributed by atoms with Gasteiger partial charge in [-0.3, -0.25) is 0 Å². The lowest BCUT2D eigenvalue weighted by molar-refractivity contribution is -0.156. The first-order chi connectivity index (χ1) is 7.10. The number of carbonyl (C=O) groups excluding carboxylic acids is 1. The predicted octanol–water partition coefficient (Wildman–Crippen LogP) is 0.614. The highest BCUT2D eigenvalue weighted by Crippen LogP contribution is 2.12. The van der Waals surface area contributed by atoms with Crippen molar-refractivity contribution >= 4 is 5.97 Å². The standard InChI is InChI=1S/C10H20O5/c1-7(12-2)8(13-3)6-9(14-4)10(11)15-5/h7-9H,6H2,1-5H3/t7-,8+,9-/m0/s1. The van der Waals surface area contributed by atoms with Crippen LogP contribution in [0.5, 0.6) is 0 Å². The van der Waals surface area contributed by atoms with Gasteiger partial charge in [0.15, 0.2) is 6.10 Å². The van der Waals surface area contributed by atoms with E-state index < -0.39 is 12.1 Å². The SMILES string of the molecule is COC(=O)[C@H](C[C@@H](OC)[C@H](C)OC)OC. The normalized spacial score (nSPS) is 16.9. The van der Waals surface area contributed by atoms with Gasteiger partial charge in [0, 0.05) is 27.8 Å².